The molecule has 0 atom stereocenters. The van der Waals surface area contributed by atoms with Crippen molar-refractivity contribution in [1.82, 2.24) is 10.3 Å². The van der Waals surface area contributed by atoms with Gasteiger partial charge in [-0.2, -0.15) is 0 Å². The topological polar surface area (TPSA) is 51.2 Å². The third-order valence-corrected chi connectivity index (χ3v) is 4.22. The third kappa shape index (κ3) is 4.93. The lowest BCUT2D eigenvalue weighted by molar-refractivity contribution is 0.0519. The van der Waals surface area contributed by atoms with Gasteiger partial charge in [0.05, 0.1) is 6.61 Å². The predicted molar refractivity (Wildman–Crippen MR) is 89.3 cm³/mol. The van der Waals surface area contributed by atoms with Crippen LogP contribution in [0.5, 0.6) is 0 Å². The van der Waals surface area contributed by atoms with E-state index in [4.69, 9.17) is 4.74 Å². The Bertz CT molecular complexity index is 596. The highest BCUT2D eigenvalue weighted by Crippen LogP contribution is 2.18. The summed E-state index contributed by atoms with van der Waals surface area (Å²) in [5, 5.41) is 4.31. The van der Waals surface area contributed by atoms with Crippen LogP contribution in [0.1, 0.15) is 39.3 Å². The second-order valence-electron chi connectivity index (χ2n) is 5.00. The molecule has 1 aromatic heterocycles. The van der Waals surface area contributed by atoms with E-state index < -0.39 is 0 Å². The van der Waals surface area contributed by atoms with Gasteiger partial charge in [-0.05, 0) is 38.8 Å². The number of nitrogens with zero attached hydrogens (tertiary/aromatic N) is 1. The highest BCUT2D eigenvalue weighted by atomic mass is 32.1. The summed E-state index contributed by atoms with van der Waals surface area (Å²) in [7, 11) is 0. The molecule has 0 saturated carbocycles. The molecule has 4 nitrogen and oxygen atoms in total. The van der Waals surface area contributed by atoms with Crippen molar-refractivity contribution in [2.75, 3.05) is 13.2 Å². The maximum absolute atomic E-state index is 11.7. The summed E-state index contributed by atoms with van der Waals surface area (Å²) < 4.78 is 5.00. The molecule has 2 aromatic rings. The number of hydrogen-bond donors (Lipinski definition) is 1. The fourth-order valence-electron chi connectivity index (χ4n) is 2.17. The molecule has 0 fully saturated rings. The lowest BCUT2D eigenvalue weighted by Gasteiger charge is -2.03. The maximum atomic E-state index is 11.7. The van der Waals surface area contributed by atoms with Crippen molar-refractivity contribution in [2.45, 2.75) is 33.2 Å². The normalized spacial score (nSPS) is 10.6. The van der Waals surface area contributed by atoms with E-state index in [1.54, 1.807) is 18.3 Å². The summed E-state index contributed by atoms with van der Waals surface area (Å²) in [6, 6.07) is 10.5. The molecule has 118 valence electrons. The number of carbonyl (C=O) groups excluding carboxylic acids is 1. The average molecular weight is 318 g/mol. The lowest BCUT2D eigenvalue weighted by Crippen LogP contribution is -2.15. The zero-order chi connectivity index (χ0) is 15.8. The van der Waals surface area contributed by atoms with Gasteiger partial charge in [-0.3, -0.25) is 0 Å². The SMILES string of the molecule is CCOC(=O)c1nc(CNCCCc2ccccc2)sc1C. The van der Waals surface area contributed by atoms with Crippen molar-refractivity contribution in [2.24, 2.45) is 0 Å². The van der Waals surface area contributed by atoms with Gasteiger partial charge in [0.2, 0.25) is 0 Å². The molecule has 0 amide bonds. The van der Waals surface area contributed by atoms with Crippen LogP contribution in [0.2, 0.25) is 0 Å². The number of carbonyl (C=O) groups is 1. The van der Waals surface area contributed by atoms with Crippen LogP contribution in [0, 0.1) is 6.92 Å². The predicted octanol–water partition coefficient (Wildman–Crippen LogP) is 3.35. The number of hydrogen-bond acceptors (Lipinski definition) is 5. The van der Waals surface area contributed by atoms with E-state index in [1.807, 2.05) is 13.0 Å². The van der Waals surface area contributed by atoms with Crippen LogP contribution in [0.15, 0.2) is 30.3 Å². The molecule has 0 aliphatic rings. The first-order chi connectivity index (χ1) is 10.7. The highest BCUT2D eigenvalue weighted by Gasteiger charge is 2.15. The van der Waals surface area contributed by atoms with Crippen LogP contribution in [0.25, 0.3) is 0 Å². The van der Waals surface area contributed by atoms with Crippen LogP contribution >= 0.6 is 11.3 Å². The number of thiazole rings is 1. The molecule has 1 aromatic carbocycles. The van der Waals surface area contributed by atoms with E-state index in [2.05, 4.69) is 34.6 Å². The van der Waals surface area contributed by atoms with Crippen molar-refractivity contribution in [3.8, 4) is 0 Å². The smallest absolute Gasteiger partial charge is 0.358 e. The summed E-state index contributed by atoms with van der Waals surface area (Å²) in [5.41, 5.74) is 1.81. The fourth-order valence-corrected chi connectivity index (χ4v) is 3.06. The molecular weight excluding hydrogens is 296 g/mol. The molecule has 0 aliphatic heterocycles. The van der Waals surface area contributed by atoms with Crippen molar-refractivity contribution in [3.63, 3.8) is 0 Å². The second-order valence-corrected chi connectivity index (χ2v) is 6.29. The first-order valence-corrected chi connectivity index (χ1v) is 8.40. The second kappa shape index (κ2) is 8.66. The quantitative estimate of drug-likeness (QED) is 0.599. The van der Waals surface area contributed by atoms with E-state index in [-0.39, 0.29) is 5.97 Å². The molecule has 5 heteroatoms. The van der Waals surface area contributed by atoms with Crippen molar-refractivity contribution < 1.29 is 9.53 Å². The summed E-state index contributed by atoms with van der Waals surface area (Å²) >= 11 is 1.55. The molecule has 0 bridgehead atoms. The molecule has 0 radical (unpaired) electrons. The molecule has 1 heterocycles. The molecule has 22 heavy (non-hydrogen) atoms. The maximum Gasteiger partial charge on any atom is 0.358 e. The van der Waals surface area contributed by atoms with Gasteiger partial charge < -0.3 is 10.1 Å². The molecule has 0 aliphatic carbocycles. The number of rotatable bonds is 8. The Morgan fingerprint density at radius 1 is 1.32 bits per heavy atom. The fraction of sp³-hybridized carbons (Fsp3) is 0.412. The number of benzene rings is 1. The van der Waals surface area contributed by atoms with E-state index >= 15 is 0 Å². The standard InChI is InChI=1S/C17H22N2O2S/c1-3-21-17(20)16-13(2)22-15(19-16)12-18-11-7-10-14-8-5-4-6-9-14/h4-6,8-9,18H,3,7,10-12H2,1-2H3. The Morgan fingerprint density at radius 2 is 2.09 bits per heavy atom. The number of nitrogens with one attached hydrogen (secondary N) is 1. The Morgan fingerprint density at radius 3 is 2.82 bits per heavy atom. The Hall–Kier alpha value is -1.72. The zero-order valence-electron chi connectivity index (χ0n) is 13.1. The molecule has 0 spiro atoms. The minimum atomic E-state index is -0.327. The first kappa shape index (κ1) is 16.6. The van der Waals surface area contributed by atoms with E-state index in [9.17, 15) is 4.79 Å². The number of esters is 1. The Balaban J connectivity index is 1.73. The van der Waals surface area contributed by atoms with Crippen molar-refractivity contribution >= 4 is 17.3 Å². The summed E-state index contributed by atoms with van der Waals surface area (Å²) in [4.78, 5) is 17.0. The zero-order valence-corrected chi connectivity index (χ0v) is 13.9. The van der Waals surface area contributed by atoms with E-state index in [0.717, 1.165) is 29.3 Å². The molecule has 0 unspecified atom stereocenters. The van der Waals surface area contributed by atoms with Gasteiger partial charge in [-0.25, -0.2) is 9.78 Å². The Labute approximate surface area is 135 Å². The van der Waals surface area contributed by atoms with Gasteiger partial charge in [0, 0.05) is 11.4 Å². The molecule has 1 N–H and O–H groups in total. The summed E-state index contributed by atoms with van der Waals surface area (Å²) in [5.74, 6) is -0.327. The summed E-state index contributed by atoms with van der Waals surface area (Å²) in [6.45, 7) is 5.71. The van der Waals surface area contributed by atoms with E-state index in [1.165, 1.54) is 5.56 Å². The van der Waals surface area contributed by atoms with Crippen molar-refractivity contribution in [3.05, 3.63) is 51.5 Å². The van der Waals surface area contributed by atoms with Gasteiger partial charge in [0.25, 0.3) is 0 Å². The largest absolute Gasteiger partial charge is 0.461 e. The van der Waals surface area contributed by atoms with Gasteiger partial charge in [-0.15, -0.1) is 11.3 Å². The van der Waals surface area contributed by atoms with E-state index in [0.29, 0.717) is 18.8 Å². The minimum absolute atomic E-state index is 0.327. The van der Waals surface area contributed by atoms with Crippen molar-refractivity contribution in [1.29, 1.82) is 0 Å². The van der Waals surface area contributed by atoms with Gasteiger partial charge in [0.1, 0.15) is 5.01 Å². The number of aromatic nitrogens is 1. The lowest BCUT2D eigenvalue weighted by atomic mass is 10.1. The minimum Gasteiger partial charge on any atom is -0.461 e. The van der Waals surface area contributed by atoms with Crippen LogP contribution in [0.4, 0.5) is 0 Å². The molecule has 2 rings (SSSR count). The molecular formula is C17H22N2O2S. The Kier molecular flexibility index (Phi) is 6.55. The third-order valence-electron chi connectivity index (χ3n) is 3.25. The van der Waals surface area contributed by atoms with Crippen LogP contribution < -0.4 is 5.32 Å². The molecule has 0 saturated heterocycles. The van der Waals surface area contributed by atoms with Crippen LogP contribution in [0.3, 0.4) is 0 Å². The van der Waals surface area contributed by atoms with Crippen LogP contribution in [-0.2, 0) is 17.7 Å². The van der Waals surface area contributed by atoms with Crippen LogP contribution in [-0.4, -0.2) is 24.1 Å². The van der Waals surface area contributed by atoms with Gasteiger partial charge >= 0.3 is 5.97 Å². The highest BCUT2D eigenvalue weighted by molar-refractivity contribution is 7.11. The first-order valence-electron chi connectivity index (χ1n) is 7.58. The average Bonchev–Trinajstić information content (AvgIpc) is 2.89. The van der Waals surface area contributed by atoms with Gasteiger partial charge in [-0.1, -0.05) is 30.3 Å². The number of aryl methyl sites for hydroxylation is 2. The number of ether oxygens (including phenoxy) is 1. The summed E-state index contributed by atoms with van der Waals surface area (Å²) in [6.07, 6.45) is 2.15. The van der Waals surface area contributed by atoms with Gasteiger partial charge in [0.15, 0.2) is 5.69 Å². The monoisotopic (exact) mass is 318 g/mol.